The summed E-state index contributed by atoms with van der Waals surface area (Å²) in [5, 5.41) is 11.2. The number of amides is 2. The van der Waals surface area contributed by atoms with Crippen molar-refractivity contribution in [3.8, 4) is 11.3 Å². The monoisotopic (exact) mass is 568 g/mol. The Morgan fingerprint density at radius 3 is 2.24 bits per heavy atom. The van der Waals surface area contributed by atoms with Crippen molar-refractivity contribution in [3.63, 3.8) is 0 Å². The molecular formula is C28H31F3N8O2. The van der Waals surface area contributed by atoms with Crippen molar-refractivity contribution in [1.29, 1.82) is 0 Å². The minimum Gasteiger partial charge on any atom is -0.332 e. The van der Waals surface area contributed by atoms with Crippen LogP contribution in [0.1, 0.15) is 72.7 Å². The number of aromatic nitrogens is 6. The number of carbonyl (C=O) groups is 2. The molecule has 0 atom stereocenters. The minimum absolute atomic E-state index is 0.156. The second-order valence-electron chi connectivity index (χ2n) is 11.9. The zero-order valence-corrected chi connectivity index (χ0v) is 23.7. The second kappa shape index (κ2) is 9.67. The Morgan fingerprint density at radius 1 is 1.00 bits per heavy atom. The molecule has 1 aliphatic rings. The van der Waals surface area contributed by atoms with E-state index in [-0.39, 0.29) is 36.4 Å². The van der Waals surface area contributed by atoms with Gasteiger partial charge in [0.2, 0.25) is 5.82 Å². The van der Waals surface area contributed by atoms with Gasteiger partial charge < -0.3 is 9.80 Å². The van der Waals surface area contributed by atoms with Gasteiger partial charge in [0.1, 0.15) is 11.5 Å². The molecule has 1 aromatic carbocycles. The number of aromatic amines is 1. The van der Waals surface area contributed by atoms with Gasteiger partial charge in [0.05, 0.1) is 23.0 Å². The number of aryl methyl sites for hydroxylation is 1. The summed E-state index contributed by atoms with van der Waals surface area (Å²) in [6.07, 6.45) is -2.89. The van der Waals surface area contributed by atoms with Gasteiger partial charge in [-0.2, -0.15) is 23.4 Å². The predicted octanol–water partition coefficient (Wildman–Crippen LogP) is 4.52. The van der Waals surface area contributed by atoms with Gasteiger partial charge in [-0.3, -0.25) is 14.7 Å². The number of rotatable bonds is 3. The van der Waals surface area contributed by atoms with Crippen LogP contribution in [0.2, 0.25) is 0 Å². The fourth-order valence-electron chi connectivity index (χ4n) is 5.04. The SMILES string of the molecule is Cc1n[nH]c(C(=O)N2CCN(C(=O)c3cn4nc(-c5ccc(C(F)(F)F)cc5)cc(C(C)(C)C)c4n3)C(C)(C)C2)n1. The molecule has 1 saturated heterocycles. The molecule has 3 aromatic heterocycles. The van der Waals surface area contributed by atoms with E-state index in [1.807, 2.05) is 34.6 Å². The van der Waals surface area contributed by atoms with E-state index >= 15 is 0 Å². The van der Waals surface area contributed by atoms with E-state index in [1.54, 1.807) is 29.0 Å². The third-order valence-electron chi connectivity index (χ3n) is 7.19. The Kier molecular flexibility index (Phi) is 6.66. The number of H-pyrrole nitrogens is 1. The lowest BCUT2D eigenvalue weighted by Crippen LogP contribution is -2.62. The van der Waals surface area contributed by atoms with Gasteiger partial charge in [0.25, 0.3) is 11.8 Å². The van der Waals surface area contributed by atoms with E-state index in [0.717, 1.165) is 17.7 Å². The van der Waals surface area contributed by atoms with Crippen LogP contribution >= 0.6 is 0 Å². The number of benzene rings is 1. The molecule has 4 heterocycles. The van der Waals surface area contributed by atoms with Crippen LogP contribution in [0.4, 0.5) is 13.2 Å². The van der Waals surface area contributed by atoms with Crippen LogP contribution in [0.15, 0.2) is 36.5 Å². The Balaban J connectivity index is 1.46. The standard InChI is InChI=1S/C28H31F3N8O2/c1-16-32-22(35-34-16)25(41)37-11-12-38(27(5,6)15-37)24(40)21-14-39-23(33-21)19(26(2,3)4)13-20(36-39)17-7-9-18(10-8-17)28(29,30)31/h7-10,13-14H,11-12,15H2,1-6H3,(H,32,34,35). The molecule has 0 unspecified atom stereocenters. The normalized spacial score (nSPS) is 15.9. The average molecular weight is 569 g/mol. The van der Waals surface area contributed by atoms with Crippen molar-refractivity contribution in [1.82, 2.24) is 39.6 Å². The summed E-state index contributed by atoms with van der Waals surface area (Å²) in [5.41, 5.74) is 0.587. The molecule has 13 heteroatoms. The Bertz CT molecular complexity index is 1630. The van der Waals surface area contributed by atoms with Gasteiger partial charge in [-0.1, -0.05) is 32.9 Å². The van der Waals surface area contributed by atoms with Crippen LogP contribution in [-0.4, -0.2) is 76.6 Å². The zero-order chi connectivity index (χ0) is 29.9. The highest BCUT2D eigenvalue weighted by Gasteiger charge is 2.40. The van der Waals surface area contributed by atoms with Crippen LogP contribution in [0.3, 0.4) is 0 Å². The topological polar surface area (TPSA) is 112 Å². The third kappa shape index (κ3) is 5.40. The number of nitrogens with zero attached hydrogens (tertiary/aromatic N) is 7. The summed E-state index contributed by atoms with van der Waals surface area (Å²) in [4.78, 5) is 38.8. The van der Waals surface area contributed by atoms with E-state index in [0.29, 0.717) is 29.3 Å². The van der Waals surface area contributed by atoms with Crippen molar-refractivity contribution in [3.05, 3.63) is 65.0 Å². The number of hydrogen-bond donors (Lipinski definition) is 1. The fourth-order valence-corrected chi connectivity index (χ4v) is 5.04. The van der Waals surface area contributed by atoms with Crippen molar-refractivity contribution in [2.24, 2.45) is 0 Å². The maximum absolute atomic E-state index is 13.8. The lowest BCUT2D eigenvalue weighted by molar-refractivity contribution is -0.137. The lowest BCUT2D eigenvalue weighted by Gasteiger charge is -2.46. The molecule has 1 aliphatic heterocycles. The molecule has 0 saturated carbocycles. The first-order valence-electron chi connectivity index (χ1n) is 13.1. The molecule has 216 valence electrons. The molecule has 4 aromatic rings. The number of hydrogen-bond acceptors (Lipinski definition) is 6. The third-order valence-corrected chi connectivity index (χ3v) is 7.19. The molecule has 1 fully saturated rings. The predicted molar refractivity (Wildman–Crippen MR) is 144 cm³/mol. The second-order valence-corrected chi connectivity index (χ2v) is 11.9. The summed E-state index contributed by atoms with van der Waals surface area (Å²) in [6, 6.07) is 6.62. The number of nitrogens with one attached hydrogen (secondary N) is 1. The van der Waals surface area contributed by atoms with Gasteiger partial charge in [-0.05, 0) is 44.4 Å². The molecule has 0 bridgehead atoms. The van der Waals surface area contributed by atoms with Crippen molar-refractivity contribution >= 4 is 17.5 Å². The average Bonchev–Trinajstić information content (AvgIpc) is 3.52. The number of carbonyl (C=O) groups excluding carboxylic acids is 2. The number of piperazine rings is 1. The zero-order valence-electron chi connectivity index (χ0n) is 23.7. The number of alkyl halides is 3. The molecule has 2 amide bonds. The van der Waals surface area contributed by atoms with Crippen LogP contribution in [0.25, 0.3) is 16.9 Å². The van der Waals surface area contributed by atoms with Crippen molar-refractivity contribution < 1.29 is 22.8 Å². The van der Waals surface area contributed by atoms with Crippen LogP contribution in [0.5, 0.6) is 0 Å². The first kappa shape index (κ1) is 28.2. The molecule has 0 aliphatic carbocycles. The number of imidazole rings is 1. The van der Waals surface area contributed by atoms with Gasteiger partial charge in [0, 0.05) is 30.8 Å². The maximum atomic E-state index is 13.8. The van der Waals surface area contributed by atoms with Crippen LogP contribution in [-0.2, 0) is 11.6 Å². The highest BCUT2D eigenvalue weighted by molar-refractivity contribution is 5.94. The molecule has 0 radical (unpaired) electrons. The van der Waals surface area contributed by atoms with Crippen molar-refractivity contribution in [2.45, 2.75) is 58.7 Å². The highest BCUT2D eigenvalue weighted by atomic mass is 19.4. The summed E-state index contributed by atoms with van der Waals surface area (Å²) in [6.45, 7) is 12.3. The van der Waals surface area contributed by atoms with E-state index < -0.39 is 22.7 Å². The first-order chi connectivity index (χ1) is 19.0. The quantitative estimate of drug-likeness (QED) is 0.389. The van der Waals surface area contributed by atoms with Gasteiger partial charge in [0.15, 0.2) is 5.65 Å². The molecule has 5 rings (SSSR count). The smallest absolute Gasteiger partial charge is 0.332 e. The largest absolute Gasteiger partial charge is 0.416 e. The van der Waals surface area contributed by atoms with Crippen molar-refractivity contribution in [2.75, 3.05) is 19.6 Å². The fraction of sp³-hybridized carbons (Fsp3) is 0.429. The summed E-state index contributed by atoms with van der Waals surface area (Å²) < 4.78 is 40.8. The first-order valence-corrected chi connectivity index (χ1v) is 13.1. The summed E-state index contributed by atoms with van der Waals surface area (Å²) in [7, 11) is 0. The van der Waals surface area contributed by atoms with E-state index in [1.165, 1.54) is 16.6 Å². The Labute approximate surface area is 234 Å². The number of fused-ring (bicyclic) bond motifs is 1. The summed E-state index contributed by atoms with van der Waals surface area (Å²) in [5.74, 6) is 0.0356. The maximum Gasteiger partial charge on any atom is 0.416 e. The van der Waals surface area contributed by atoms with Crippen LogP contribution < -0.4 is 0 Å². The highest BCUT2D eigenvalue weighted by Crippen LogP contribution is 2.33. The van der Waals surface area contributed by atoms with E-state index in [4.69, 9.17) is 0 Å². The summed E-state index contributed by atoms with van der Waals surface area (Å²) >= 11 is 0. The van der Waals surface area contributed by atoms with E-state index in [2.05, 4.69) is 25.3 Å². The molecule has 0 spiro atoms. The van der Waals surface area contributed by atoms with Gasteiger partial charge in [-0.15, -0.1) is 0 Å². The van der Waals surface area contributed by atoms with Crippen LogP contribution in [0, 0.1) is 6.92 Å². The molecule has 10 nitrogen and oxygen atoms in total. The Hall–Kier alpha value is -4.29. The van der Waals surface area contributed by atoms with E-state index in [9.17, 15) is 22.8 Å². The molecule has 1 N–H and O–H groups in total. The molecule has 41 heavy (non-hydrogen) atoms. The minimum atomic E-state index is -4.44. The Morgan fingerprint density at radius 2 is 1.68 bits per heavy atom. The lowest BCUT2D eigenvalue weighted by atomic mass is 9.87. The van der Waals surface area contributed by atoms with Gasteiger partial charge in [-0.25, -0.2) is 14.5 Å². The number of halogens is 3. The van der Waals surface area contributed by atoms with Gasteiger partial charge >= 0.3 is 6.18 Å². The molecular weight excluding hydrogens is 537 g/mol.